The van der Waals surface area contributed by atoms with E-state index in [9.17, 15) is 19.2 Å². The molecule has 0 saturated carbocycles. The van der Waals surface area contributed by atoms with Crippen LogP contribution in [0.2, 0.25) is 0 Å². The highest BCUT2D eigenvalue weighted by Crippen LogP contribution is 2.37. The standard InChI is InChI=1S/C23H24N4O8S/c1-11-5-7-15(8-6-11)36-21-17-20(25-23(31)26-21)27(10-24-17)22-19(34-14(4)30)18(33-13(3)29)16(35-22)9-32-12(2)28/h5-8,10,16,18-19,22H,9H2,1-4H3,(H,25,26,31)/t16-,18-,19-,22-/m1/s1. The van der Waals surface area contributed by atoms with Crippen LogP contribution in [0.3, 0.4) is 0 Å². The first-order valence-electron chi connectivity index (χ1n) is 11.0. The predicted octanol–water partition coefficient (Wildman–Crippen LogP) is 1.90. The summed E-state index contributed by atoms with van der Waals surface area (Å²) < 4.78 is 23.4. The number of hydrogen-bond acceptors (Lipinski definition) is 11. The van der Waals surface area contributed by atoms with Gasteiger partial charge in [0.05, 0.1) is 6.33 Å². The van der Waals surface area contributed by atoms with Crippen molar-refractivity contribution in [1.82, 2.24) is 19.5 Å². The Hall–Kier alpha value is -3.71. The number of imidazole rings is 1. The van der Waals surface area contributed by atoms with Crippen molar-refractivity contribution < 1.29 is 33.3 Å². The fraction of sp³-hybridized carbons (Fsp3) is 0.391. The second kappa shape index (κ2) is 10.5. The third-order valence-electron chi connectivity index (χ3n) is 5.27. The molecule has 0 aliphatic carbocycles. The fourth-order valence-corrected chi connectivity index (χ4v) is 4.68. The highest BCUT2D eigenvalue weighted by atomic mass is 32.2. The van der Waals surface area contributed by atoms with Crippen molar-refractivity contribution in [2.24, 2.45) is 0 Å². The molecule has 0 radical (unpaired) electrons. The van der Waals surface area contributed by atoms with Gasteiger partial charge in [0, 0.05) is 25.7 Å². The highest BCUT2D eigenvalue weighted by Gasteiger charge is 2.51. The number of H-pyrrole nitrogens is 1. The van der Waals surface area contributed by atoms with Crippen LogP contribution in [0, 0.1) is 6.92 Å². The van der Waals surface area contributed by atoms with E-state index in [-0.39, 0.29) is 12.3 Å². The molecule has 1 aromatic carbocycles. The number of benzene rings is 1. The van der Waals surface area contributed by atoms with Crippen molar-refractivity contribution in [1.29, 1.82) is 0 Å². The van der Waals surface area contributed by atoms with Crippen LogP contribution < -0.4 is 5.69 Å². The number of esters is 3. The molecule has 4 atom stereocenters. The van der Waals surface area contributed by atoms with Crippen molar-refractivity contribution in [2.45, 2.75) is 62.2 Å². The van der Waals surface area contributed by atoms with E-state index in [0.717, 1.165) is 10.5 Å². The average Bonchev–Trinajstić information content (AvgIpc) is 3.35. The molecular formula is C23H24N4O8S. The zero-order valence-corrected chi connectivity index (χ0v) is 20.7. The number of aryl methyl sites for hydroxylation is 1. The van der Waals surface area contributed by atoms with E-state index in [0.29, 0.717) is 10.5 Å². The Balaban J connectivity index is 1.75. The van der Waals surface area contributed by atoms with E-state index in [4.69, 9.17) is 18.9 Å². The summed E-state index contributed by atoms with van der Waals surface area (Å²) in [5.74, 6) is -1.85. The van der Waals surface area contributed by atoms with Gasteiger partial charge in [0.15, 0.2) is 18.4 Å². The largest absolute Gasteiger partial charge is 0.463 e. The fourth-order valence-electron chi connectivity index (χ4n) is 3.81. The van der Waals surface area contributed by atoms with Gasteiger partial charge in [-0.1, -0.05) is 29.5 Å². The maximum atomic E-state index is 12.5. The minimum absolute atomic E-state index is 0.249. The number of nitrogens with one attached hydrogen (secondary N) is 1. The SMILES string of the molecule is CC(=O)OC[C@H]1O[C@@H](n2cnc3c(Sc4ccc(C)cc4)nc(=O)[nH]c32)[C@H](OC(C)=O)[C@@H]1OC(C)=O. The number of carbonyl (C=O) groups is 3. The quantitative estimate of drug-likeness (QED) is 0.278. The van der Waals surface area contributed by atoms with Crippen LogP contribution in [0.15, 0.2) is 45.3 Å². The first-order chi connectivity index (χ1) is 17.1. The van der Waals surface area contributed by atoms with Crippen molar-refractivity contribution in [3.8, 4) is 0 Å². The molecule has 0 amide bonds. The maximum Gasteiger partial charge on any atom is 0.347 e. The van der Waals surface area contributed by atoms with Gasteiger partial charge in [-0.25, -0.2) is 9.78 Å². The van der Waals surface area contributed by atoms with Gasteiger partial charge in [-0.15, -0.1) is 0 Å². The lowest BCUT2D eigenvalue weighted by Crippen LogP contribution is -2.40. The predicted molar refractivity (Wildman–Crippen MR) is 125 cm³/mol. The molecule has 0 unspecified atom stereocenters. The van der Waals surface area contributed by atoms with Crippen LogP contribution in [0.25, 0.3) is 11.2 Å². The number of aromatic amines is 1. The first-order valence-corrected chi connectivity index (χ1v) is 11.8. The molecule has 1 aliphatic rings. The Kier molecular flexibility index (Phi) is 7.40. The Morgan fingerprint density at radius 1 is 1.06 bits per heavy atom. The zero-order valence-electron chi connectivity index (χ0n) is 19.9. The van der Waals surface area contributed by atoms with Gasteiger partial charge in [-0.05, 0) is 19.1 Å². The molecule has 3 heterocycles. The molecule has 2 aromatic heterocycles. The monoisotopic (exact) mass is 516 g/mol. The summed E-state index contributed by atoms with van der Waals surface area (Å²) in [6, 6.07) is 7.71. The summed E-state index contributed by atoms with van der Waals surface area (Å²) in [6.45, 7) is 5.35. The molecule has 36 heavy (non-hydrogen) atoms. The van der Waals surface area contributed by atoms with Gasteiger partial charge in [-0.3, -0.25) is 23.9 Å². The number of aromatic nitrogens is 4. The molecule has 1 fully saturated rings. The van der Waals surface area contributed by atoms with Crippen LogP contribution in [0.1, 0.15) is 32.6 Å². The van der Waals surface area contributed by atoms with Gasteiger partial charge in [-0.2, -0.15) is 4.98 Å². The lowest BCUT2D eigenvalue weighted by Gasteiger charge is -2.23. The topological polar surface area (TPSA) is 152 Å². The summed E-state index contributed by atoms with van der Waals surface area (Å²) in [5.41, 5.74) is 1.13. The van der Waals surface area contributed by atoms with Crippen LogP contribution in [0.4, 0.5) is 0 Å². The van der Waals surface area contributed by atoms with Crippen LogP contribution in [-0.2, 0) is 33.3 Å². The normalized spacial score (nSPS) is 21.3. The molecule has 0 bridgehead atoms. The van der Waals surface area contributed by atoms with Crippen molar-refractivity contribution in [3.05, 3.63) is 46.6 Å². The molecule has 4 rings (SSSR count). The number of carbonyl (C=O) groups excluding carboxylic acids is 3. The van der Waals surface area contributed by atoms with Crippen LogP contribution in [0.5, 0.6) is 0 Å². The third-order valence-corrected chi connectivity index (χ3v) is 6.26. The van der Waals surface area contributed by atoms with Gasteiger partial charge in [0.25, 0.3) is 0 Å². The Morgan fingerprint density at radius 2 is 1.72 bits per heavy atom. The van der Waals surface area contributed by atoms with E-state index >= 15 is 0 Å². The molecular weight excluding hydrogens is 492 g/mol. The summed E-state index contributed by atoms with van der Waals surface area (Å²) in [6.07, 6.45) is -2.79. The van der Waals surface area contributed by atoms with Gasteiger partial charge >= 0.3 is 23.6 Å². The first kappa shape index (κ1) is 25.4. The number of ether oxygens (including phenoxy) is 4. The summed E-state index contributed by atoms with van der Waals surface area (Å²) in [5, 5.41) is 0.367. The van der Waals surface area contributed by atoms with Crippen molar-refractivity contribution in [2.75, 3.05) is 6.61 Å². The molecule has 1 N–H and O–H groups in total. The minimum atomic E-state index is -1.12. The molecule has 0 spiro atoms. The molecule has 1 aliphatic heterocycles. The lowest BCUT2D eigenvalue weighted by atomic mass is 10.1. The number of hydrogen-bond donors (Lipinski definition) is 1. The highest BCUT2D eigenvalue weighted by molar-refractivity contribution is 7.99. The molecule has 3 aromatic rings. The number of fused-ring (bicyclic) bond motifs is 1. The van der Waals surface area contributed by atoms with E-state index in [2.05, 4.69) is 15.0 Å². The number of rotatable bonds is 7. The third kappa shape index (κ3) is 5.57. The van der Waals surface area contributed by atoms with Crippen molar-refractivity contribution in [3.63, 3.8) is 0 Å². The molecule has 190 valence electrons. The van der Waals surface area contributed by atoms with Gasteiger partial charge in [0.1, 0.15) is 28.9 Å². The smallest absolute Gasteiger partial charge is 0.347 e. The van der Waals surface area contributed by atoms with Crippen molar-refractivity contribution >= 4 is 40.8 Å². The average molecular weight is 517 g/mol. The van der Waals surface area contributed by atoms with Gasteiger partial charge in [0.2, 0.25) is 0 Å². The molecule has 13 heteroatoms. The van der Waals surface area contributed by atoms with E-state index < -0.39 is 48.1 Å². The second-order valence-corrected chi connectivity index (χ2v) is 9.19. The van der Waals surface area contributed by atoms with Crippen LogP contribution in [-0.4, -0.2) is 62.3 Å². The van der Waals surface area contributed by atoms with E-state index in [1.54, 1.807) is 0 Å². The number of nitrogens with zero attached hydrogens (tertiary/aromatic N) is 3. The Morgan fingerprint density at radius 3 is 2.36 bits per heavy atom. The summed E-state index contributed by atoms with van der Waals surface area (Å²) >= 11 is 1.27. The summed E-state index contributed by atoms with van der Waals surface area (Å²) in [4.78, 5) is 59.5. The van der Waals surface area contributed by atoms with Gasteiger partial charge < -0.3 is 18.9 Å². The minimum Gasteiger partial charge on any atom is -0.463 e. The molecule has 12 nitrogen and oxygen atoms in total. The lowest BCUT2D eigenvalue weighted by molar-refractivity contribution is -0.166. The molecule has 1 saturated heterocycles. The van der Waals surface area contributed by atoms with Crippen LogP contribution >= 0.6 is 11.8 Å². The Bertz CT molecular complexity index is 1350. The second-order valence-electron chi connectivity index (χ2n) is 8.13. The maximum absolute atomic E-state index is 12.5. The zero-order chi connectivity index (χ0) is 26.0. The summed E-state index contributed by atoms with van der Waals surface area (Å²) in [7, 11) is 0. The van der Waals surface area contributed by atoms with E-state index in [1.165, 1.54) is 43.4 Å². The van der Waals surface area contributed by atoms with E-state index in [1.807, 2.05) is 31.2 Å². The Labute approximate surface area is 209 Å².